The van der Waals surface area contributed by atoms with Gasteiger partial charge in [0.15, 0.2) is 5.60 Å². The maximum absolute atomic E-state index is 14.1. The minimum atomic E-state index is -1.98. The monoisotopic (exact) mass is 631 g/mol. The molecule has 2 aliphatic heterocycles. The topological polar surface area (TPSA) is 119 Å². The van der Waals surface area contributed by atoms with Crippen molar-refractivity contribution in [2.75, 3.05) is 23.9 Å². The number of amides is 3. The largest absolute Gasteiger partial charge is 0.497 e. The van der Waals surface area contributed by atoms with Crippen LogP contribution in [0.15, 0.2) is 109 Å². The number of anilines is 3. The average Bonchev–Trinajstić information content (AvgIpc) is 3.33. The van der Waals surface area contributed by atoms with E-state index in [0.29, 0.717) is 46.9 Å². The zero-order valence-electron chi connectivity index (χ0n) is 26.3. The van der Waals surface area contributed by atoms with E-state index < -0.39 is 17.4 Å². The van der Waals surface area contributed by atoms with Crippen LogP contribution in [0.5, 0.6) is 5.75 Å². The van der Waals surface area contributed by atoms with E-state index in [4.69, 9.17) is 4.74 Å². The molecule has 3 amide bonds. The highest BCUT2D eigenvalue weighted by molar-refractivity contribution is 6.13. The molecule has 0 saturated heterocycles. The van der Waals surface area contributed by atoms with Crippen LogP contribution < -0.4 is 15.0 Å². The Labute approximate surface area is 273 Å². The Morgan fingerprint density at radius 1 is 1.00 bits per heavy atom. The number of hydrogen-bond acceptors (Lipinski definition) is 6. The van der Waals surface area contributed by atoms with Crippen LogP contribution in [0.4, 0.5) is 17.1 Å². The fourth-order valence-electron chi connectivity index (χ4n) is 6.40. The predicted molar refractivity (Wildman–Crippen MR) is 179 cm³/mol. The molecule has 0 saturated carbocycles. The van der Waals surface area contributed by atoms with Crippen molar-refractivity contribution in [2.45, 2.75) is 38.0 Å². The summed E-state index contributed by atoms with van der Waals surface area (Å²) in [5, 5.41) is 25.1. The van der Waals surface area contributed by atoms with Gasteiger partial charge in [0, 0.05) is 41.4 Å². The molecule has 0 unspecified atom stereocenters. The fraction of sp³-hybridized carbons (Fsp3) is 0.237. The average molecular weight is 632 g/mol. The van der Waals surface area contributed by atoms with Crippen LogP contribution in [0.1, 0.15) is 40.4 Å². The molecule has 2 aliphatic rings. The summed E-state index contributed by atoms with van der Waals surface area (Å²) in [6.45, 7) is 2.00. The molecule has 6 rings (SSSR count). The van der Waals surface area contributed by atoms with E-state index in [1.165, 1.54) is 4.90 Å². The minimum absolute atomic E-state index is 0.0422. The smallest absolute Gasteiger partial charge is 0.268 e. The summed E-state index contributed by atoms with van der Waals surface area (Å²) in [7, 11) is 1.55. The van der Waals surface area contributed by atoms with Gasteiger partial charge in [-0.2, -0.15) is 0 Å². The number of para-hydroxylation sites is 1. The second-order valence-electron chi connectivity index (χ2n) is 11.9. The molecule has 3 N–H and O–H groups in total. The van der Waals surface area contributed by atoms with Gasteiger partial charge in [0.05, 0.1) is 25.4 Å². The first kappa shape index (κ1) is 31.7. The minimum Gasteiger partial charge on any atom is -0.497 e. The summed E-state index contributed by atoms with van der Waals surface area (Å²) in [6.07, 6.45) is 3.98. The molecule has 0 aliphatic carbocycles. The van der Waals surface area contributed by atoms with E-state index in [1.807, 2.05) is 42.5 Å². The van der Waals surface area contributed by atoms with Gasteiger partial charge < -0.3 is 25.2 Å². The summed E-state index contributed by atoms with van der Waals surface area (Å²) in [6, 6.07) is 28.4. The first-order valence-electron chi connectivity index (χ1n) is 15.6. The number of carbonyl (C=O) groups excluding carboxylic acids is 3. The van der Waals surface area contributed by atoms with Crippen LogP contribution in [-0.4, -0.2) is 52.6 Å². The van der Waals surface area contributed by atoms with Crippen LogP contribution in [0.25, 0.3) is 0 Å². The number of ether oxygens (including phenoxy) is 1. The Morgan fingerprint density at radius 3 is 2.40 bits per heavy atom. The van der Waals surface area contributed by atoms with Crippen molar-refractivity contribution in [1.29, 1.82) is 0 Å². The molecule has 4 aromatic carbocycles. The highest BCUT2D eigenvalue weighted by atomic mass is 16.5. The van der Waals surface area contributed by atoms with E-state index in [-0.39, 0.29) is 30.9 Å². The number of benzene rings is 4. The second kappa shape index (κ2) is 13.2. The van der Waals surface area contributed by atoms with Gasteiger partial charge in [-0.05, 0) is 72.1 Å². The van der Waals surface area contributed by atoms with E-state index in [1.54, 1.807) is 85.7 Å². The number of aliphatic hydroxyl groups excluding tert-OH is 1. The van der Waals surface area contributed by atoms with Crippen molar-refractivity contribution < 1.29 is 29.3 Å². The highest BCUT2D eigenvalue weighted by Gasteiger charge is 2.53. The molecule has 2 heterocycles. The number of carbonyl (C=O) groups is 3. The van der Waals surface area contributed by atoms with E-state index in [2.05, 4.69) is 5.32 Å². The lowest BCUT2D eigenvalue weighted by Gasteiger charge is -2.36. The van der Waals surface area contributed by atoms with Crippen molar-refractivity contribution in [3.05, 3.63) is 131 Å². The quantitative estimate of drug-likeness (QED) is 0.215. The zero-order valence-corrected chi connectivity index (χ0v) is 26.3. The number of fused-ring (bicyclic) bond motifs is 2. The Balaban J connectivity index is 1.26. The number of aliphatic hydroxyl groups is 2. The van der Waals surface area contributed by atoms with Gasteiger partial charge in [0.2, 0.25) is 5.91 Å². The molecular formula is C38H37N3O6. The van der Waals surface area contributed by atoms with Crippen molar-refractivity contribution in [2.24, 2.45) is 5.92 Å². The van der Waals surface area contributed by atoms with E-state index in [0.717, 1.165) is 11.1 Å². The van der Waals surface area contributed by atoms with Gasteiger partial charge in [0.25, 0.3) is 11.8 Å². The normalized spacial score (nSPS) is 19.3. The van der Waals surface area contributed by atoms with Gasteiger partial charge in [-0.15, -0.1) is 0 Å². The lowest BCUT2D eigenvalue weighted by molar-refractivity contribution is -0.138. The molecule has 240 valence electrons. The van der Waals surface area contributed by atoms with Crippen LogP contribution >= 0.6 is 0 Å². The molecule has 9 heteroatoms. The Morgan fingerprint density at radius 2 is 1.70 bits per heavy atom. The number of rotatable bonds is 9. The molecular weight excluding hydrogens is 594 g/mol. The second-order valence-corrected chi connectivity index (χ2v) is 11.9. The van der Waals surface area contributed by atoms with Crippen LogP contribution in [-0.2, 0) is 28.2 Å². The third-order valence-corrected chi connectivity index (χ3v) is 9.06. The number of hydrogen-bond donors (Lipinski definition) is 3. The van der Waals surface area contributed by atoms with E-state index >= 15 is 0 Å². The summed E-state index contributed by atoms with van der Waals surface area (Å²) < 4.78 is 5.18. The number of nitrogens with one attached hydrogen (secondary N) is 1. The maximum Gasteiger partial charge on any atom is 0.268 e. The molecule has 0 spiro atoms. The maximum atomic E-state index is 14.1. The Kier molecular flexibility index (Phi) is 8.93. The van der Waals surface area contributed by atoms with Crippen molar-refractivity contribution in [1.82, 2.24) is 4.90 Å². The summed E-state index contributed by atoms with van der Waals surface area (Å²) >= 11 is 0. The molecule has 0 aromatic heterocycles. The number of methoxy groups -OCH3 is 1. The van der Waals surface area contributed by atoms with Crippen LogP contribution in [0, 0.1) is 5.92 Å². The van der Waals surface area contributed by atoms with Crippen molar-refractivity contribution in [3.63, 3.8) is 0 Å². The first-order valence-corrected chi connectivity index (χ1v) is 15.6. The summed E-state index contributed by atoms with van der Waals surface area (Å²) in [5.74, 6) is -1.15. The molecule has 47 heavy (non-hydrogen) atoms. The lowest BCUT2D eigenvalue weighted by atomic mass is 9.82. The SMILES string of the molecule is COc1ccc(C(=O)Nc2ccc3c(c2)[C@@](O)([C@H](C)/C=C/CC(=O)N2Cc4ccccc4C[C@H]2CO)C(=O)N3c2ccccc2)cc1. The fourth-order valence-corrected chi connectivity index (χ4v) is 6.40. The van der Waals surface area contributed by atoms with Gasteiger partial charge in [-0.25, -0.2) is 0 Å². The van der Waals surface area contributed by atoms with Crippen molar-refractivity contribution in [3.8, 4) is 5.75 Å². The third-order valence-electron chi connectivity index (χ3n) is 9.06. The molecule has 0 fully saturated rings. The number of nitrogens with zero attached hydrogens (tertiary/aromatic N) is 2. The van der Waals surface area contributed by atoms with Gasteiger partial charge >= 0.3 is 0 Å². The molecule has 4 aromatic rings. The molecule has 0 radical (unpaired) electrons. The Hall–Kier alpha value is -5.25. The molecule has 9 nitrogen and oxygen atoms in total. The zero-order chi connectivity index (χ0) is 33.1. The van der Waals surface area contributed by atoms with E-state index in [9.17, 15) is 24.6 Å². The lowest BCUT2D eigenvalue weighted by Crippen LogP contribution is -2.46. The van der Waals surface area contributed by atoms with Gasteiger partial charge in [0.1, 0.15) is 5.75 Å². The summed E-state index contributed by atoms with van der Waals surface area (Å²) in [5.41, 5.74) is 2.47. The summed E-state index contributed by atoms with van der Waals surface area (Å²) in [4.78, 5) is 43.7. The molecule has 0 bridgehead atoms. The van der Waals surface area contributed by atoms with Gasteiger partial charge in [-0.1, -0.05) is 61.5 Å². The van der Waals surface area contributed by atoms with Crippen LogP contribution in [0.3, 0.4) is 0 Å². The predicted octanol–water partition coefficient (Wildman–Crippen LogP) is 5.34. The van der Waals surface area contributed by atoms with Crippen molar-refractivity contribution >= 4 is 34.8 Å². The Bertz CT molecular complexity index is 1820. The first-order chi connectivity index (χ1) is 22.7. The standard InChI is InChI=1S/C38H37N3O6/c1-25(9-8-14-35(43)40-23-28-11-7-6-10-27(28)21-31(40)24-42)38(46)33-22-29(39-36(44)26-15-18-32(47-2)19-16-26)17-20-34(33)41(37(38)45)30-12-4-3-5-13-30/h3-13,15-20,22,25,31,42,46H,14,21,23-24H2,1-2H3,(H,39,44)/b9-8+/t25-,31+,38+/m1/s1. The highest BCUT2D eigenvalue weighted by Crippen LogP contribution is 2.49. The van der Waals surface area contributed by atoms with Crippen LogP contribution in [0.2, 0.25) is 0 Å². The van der Waals surface area contributed by atoms with Gasteiger partial charge in [-0.3, -0.25) is 19.3 Å². The molecule has 3 atom stereocenters. The third kappa shape index (κ3) is 6.03.